The predicted molar refractivity (Wildman–Crippen MR) is 43.2 cm³/mol. The van der Waals surface area contributed by atoms with Crippen molar-refractivity contribution in [3.63, 3.8) is 0 Å². The van der Waals surface area contributed by atoms with E-state index in [9.17, 15) is 0 Å². The van der Waals surface area contributed by atoms with Gasteiger partial charge in [-0.05, 0) is 18.1 Å². The SMILES string of the molecule is CCc1ccc(CCl)cn1. The van der Waals surface area contributed by atoms with Gasteiger partial charge < -0.3 is 0 Å². The van der Waals surface area contributed by atoms with Gasteiger partial charge in [0.15, 0.2) is 0 Å². The number of halogens is 1. The van der Waals surface area contributed by atoms with E-state index in [0.717, 1.165) is 17.7 Å². The normalized spacial score (nSPS) is 9.80. The topological polar surface area (TPSA) is 12.9 Å². The summed E-state index contributed by atoms with van der Waals surface area (Å²) in [6.07, 6.45) is 2.81. The van der Waals surface area contributed by atoms with Crippen LogP contribution in [0.4, 0.5) is 0 Å². The highest BCUT2D eigenvalue weighted by Gasteiger charge is 1.90. The van der Waals surface area contributed by atoms with Crippen LogP contribution in [0.5, 0.6) is 0 Å². The zero-order chi connectivity index (χ0) is 7.40. The molecule has 1 nitrogen and oxygen atoms in total. The van der Waals surface area contributed by atoms with Gasteiger partial charge in [0.25, 0.3) is 0 Å². The average molecular weight is 156 g/mol. The van der Waals surface area contributed by atoms with Crippen LogP contribution < -0.4 is 0 Å². The second kappa shape index (κ2) is 3.57. The van der Waals surface area contributed by atoms with E-state index in [1.807, 2.05) is 18.3 Å². The van der Waals surface area contributed by atoms with Gasteiger partial charge in [0.1, 0.15) is 0 Å². The molecule has 0 aliphatic rings. The molecule has 1 aromatic heterocycles. The van der Waals surface area contributed by atoms with Crippen LogP contribution in [0.2, 0.25) is 0 Å². The highest BCUT2D eigenvalue weighted by atomic mass is 35.5. The van der Waals surface area contributed by atoms with Crippen molar-refractivity contribution in [1.29, 1.82) is 0 Å². The Labute approximate surface area is 66.0 Å². The summed E-state index contributed by atoms with van der Waals surface area (Å²) in [6, 6.07) is 4.02. The van der Waals surface area contributed by atoms with E-state index in [0.29, 0.717) is 5.88 Å². The lowest BCUT2D eigenvalue weighted by molar-refractivity contribution is 1.02. The maximum absolute atomic E-state index is 5.58. The minimum atomic E-state index is 0.553. The Morgan fingerprint density at radius 3 is 2.70 bits per heavy atom. The number of aryl methyl sites for hydroxylation is 1. The van der Waals surface area contributed by atoms with Gasteiger partial charge in [-0.1, -0.05) is 13.0 Å². The molecule has 0 saturated heterocycles. The Kier molecular flexibility index (Phi) is 2.69. The number of nitrogens with zero attached hydrogens (tertiary/aromatic N) is 1. The molecule has 0 aromatic carbocycles. The molecule has 0 N–H and O–H groups in total. The maximum atomic E-state index is 5.58. The molecule has 0 fully saturated rings. The fourth-order valence-electron chi connectivity index (χ4n) is 0.743. The molecule has 1 rings (SSSR count). The van der Waals surface area contributed by atoms with E-state index in [-0.39, 0.29) is 0 Å². The van der Waals surface area contributed by atoms with Crippen LogP contribution in [0.3, 0.4) is 0 Å². The van der Waals surface area contributed by atoms with E-state index < -0.39 is 0 Å². The van der Waals surface area contributed by atoms with Gasteiger partial charge in [-0.15, -0.1) is 11.6 Å². The lowest BCUT2D eigenvalue weighted by Crippen LogP contribution is -1.86. The number of hydrogen-bond donors (Lipinski definition) is 0. The third-order valence-electron chi connectivity index (χ3n) is 1.40. The molecule has 1 aromatic rings. The van der Waals surface area contributed by atoms with Gasteiger partial charge in [-0.3, -0.25) is 4.98 Å². The van der Waals surface area contributed by atoms with Crippen LogP contribution >= 0.6 is 11.6 Å². The first kappa shape index (κ1) is 7.55. The first-order chi connectivity index (χ1) is 4.86. The maximum Gasteiger partial charge on any atom is 0.0489 e. The molecule has 0 amide bonds. The van der Waals surface area contributed by atoms with Crippen molar-refractivity contribution in [3.05, 3.63) is 29.6 Å². The summed E-state index contributed by atoms with van der Waals surface area (Å²) < 4.78 is 0. The first-order valence-corrected chi connectivity index (χ1v) is 3.90. The van der Waals surface area contributed by atoms with Crippen molar-refractivity contribution in [2.75, 3.05) is 0 Å². The van der Waals surface area contributed by atoms with Gasteiger partial charge >= 0.3 is 0 Å². The van der Waals surface area contributed by atoms with Gasteiger partial charge in [-0.25, -0.2) is 0 Å². The molecule has 0 spiro atoms. The Hall–Kier alpha value is -0.560. The summed E-state index contributed by atoms with van der Waals surface area (Å²) in [5.74, 6) is 0.553. The summed E-state index contributed by atoms with van der Waals surface area (Å²) in [5.41, 5.74) is 2.20. The third kappa shape index (κ3) is 1.71. The molecule has 0 saturated carbocycles. The highest BCUT2D eigenvalue weighted by molar-refractivity contribution is 6.17. The van der Waals surface area contributed by atoms with Crippen molar-refractivity contribution in [2.24, 2.45) is 0 Å². The number of pyridine rings is 1. The lowest BCUT2D eigenvalue weighted by Gasteiger charge is -1.95. The largest absolute Gasteiger partial charge is 0.261 e. The molecular formula is C8H10ClN. The Balaban J connectivity index is 2.80. The average Bonchev–Trinajstić information content (AvgIpc) is 2.05. The van der Waals surface area contributed by atoms with E-state index in [4.69, 9.17) is 11.6 Å². The van der Waals surface area contributed by atoms with E-state index >= 15 is 0 Å². The van der Waals surface area contributed by atoms with Crippen LogP contribution in [0.25, 0.3) is 0 Å². The zero-order valence-electron chi connectivity index (χ0n) is 5.97. The molecular weight excluding hydrogens is 146 g/mol. The van der Waals surface area contributed by atoms with Gasteiger partial charge in [-0.2, -0.15) is 0 Å². The van der Waals surface area contributed by atoms with E-state index in [1.165, 1.54) is 0 Å². The Morgan fingerprint density at radius 1 is 1.50 bits per heavy atom. The minimum Gasteiger partial charge on any atom is -0.261 e. The summed E-state index contributed by atoms with van der Waals surface area (Å²) >= 11 is 5.58. The van der Waals surface area contributed by atoms with Crippen LogP contribution in [0.15, 0.2) is 18.3 Å². The minimum absolute atomic E-state index is 0.553. The molecule has 0 aliphatic heterocycles. The summed E-state index contributed by atoms with van der Waals surface area (Å²) in [7, 11) is 0. The molecule has 0 aliphatic carbocycles. The number of rotatable bonds is 2. The number of alkyl halides is 1. The summed E-state index contributed by atoms with van der Waals surface area (Å²) in [4.78, 5) is 4.18. The molecule has 0 radical (unpaired) electrons. The second-order valence-corrected chi connectivity index (χ2v) is 2.41. The van der Waals surface area contributed by atoms with Crippen LogP contribution in [-0.4, -0.2) is 4.98 Å². The molecule has 0 unspecified atom stereocenters. The van der Waals surface area contributed by atoms with Gasteiger partial charge in [0, 0.05) is 17.8 Å². The quantitative estimate of drug-likeness (QED) is 0.598. The van der Waals surface area contributed by atoms with Crippen molar-refractivity contribution >= 4 is 11.6 Å². The number of hydrogen-bond acceptors (Lipinski definition) is 1. The van der Waals surface area contributed by atoms with Crippen LogP contribution in [0, 0.1) is 0 Å². The summed E-state index contributed by atoms with van der Waals surface area (Å²) in [5, 5.41) is 0. The smallest absolute Gasteiger partial charge is 0.0489 e. The molecule has 2 heteroatoms. The molecule has 0 bridgehead atoms. The fourth-order valence-corrected chi connectivity index (χ4v) is 0.901. The summed E-state index contributed by atoms with van der Waals surface area (Å²) in [6.45, 7) is 2.09. The third-order valence-corrected chi connectivity index (χ3v) is 1.71. The fraction of sp³-hybridized carbons (Fsp3) is 0.375. The Morgan fingerprint density at radius 2 is 2.30 bits per heavy atom. The zero-order valence-corrected chi connectivity index (χ0v) is 6.73. The van der Waals surface area contributed by atoms with Gasteiger partial charge in [0.2, 0.25) is 0 Å². The van der Waals surface area contributed by atoms with Crippen molar-refractivity contribution in [3.8, 4) is 0 Å². The Bertz CT molecular complexity index is 170. The van der Waals surface area contributed by atoms with Crippen LogP contribution in [0.1, 0.15) is 18.2 Å². The van der Waals surface area contributed by atoms with Crippen molar-refractivity contribution in [2.45, 2.75) is 19.2 Å². The van der Waals surface area contributed by atoms with Crippen molar-refractivity contribution in [1.82, 2.24) is 4.98 Å². The van der Waals surface area contributed by atoms with E-state index in [2.05, 4.69) is 11.9 Å². The highest BCUT2D eigenvalue weighted by Crippen LogP contribution is 2.03. The second-order valence-electron chi connectivity index (χ2n) is 2.14. The first-order valence-electron chi connectivity index (χ1n) is 3.36. The molecule has 0 atom stereocenters. The van der Waals surface area contributed by atoms with Crippen molar-refractivity contribution < 1.29 is 0 Å². The van der Waals surface area contributed by atoms with Gasteiger partial charge in [0.05, 0.1) is 0 Å². The van der Waals surface area contributed by atoms with Crippen LogP contribution in [-0.2, 0) is 12.3 Å². The predicted octanol–water partition coefficient (Wildman–Crippen LogP) is 2.38. The lowest BCUT2D eigenvalue weighted by atomic mass is 10.2. The molecule has 10 heavy (non-hydrogen) atoms. The molecule has 1 heterocycles. The molecule has 54 valence electrons. The standard InChI is InChI=1S/C8H10ClN/c1-2-8-4-3-7(5-9)6-10-8/h3-4,6H,2,5H2,1H3. The number of aromatic nitrogens is 1. The monoisotopic (exact) mass is 155 g/mol. The van der Waals surface area contributed by atoms with E-state index in [1.54, 1.807) is 0 Å².